The fourth-order valence-electron chi connectivity index (χ4n) is 1.92. The number of nitrogens with zero attached hydrogens (tertiary/aromatic N) is 2. The summed E-state index contributed by atoms with van der Waals surface area (Å²) in [6.07, 6.45) is 5.73. The third-order valence-corrected chi connectivity index (χ3v) is 3.14. The van der Waals surface area contributed by atoms with E-state index in [-0.39, 0.29) is 0 Å². The number of hydrogen-bond acceptors (Lipinski definition) is 4. The number of unbranched alkanes of at least 4 members (excludes halogenated alkanes) is 2. The predicted octanol–water partition coefficient (Wildman–Crippen LogP) is 2.77. The normalized spacial score (nSPS) is 11.2. The first-order valence-corrected chi connectivity index (χ1v) is 6.83. The maximum atomic E-state index is 5.31. The van der Waals surface area contributed by atoms with E-state index >= 15 is 0 Å². The van der Waals surface area contributed by atoms with Crippen molar-refractivity contribution in [2.45, 2.75) is 52.6 Å². The van der Waals surface area contributed by atoms with Gasteiger partial charge in [-0.15, -0.1) is 0 Å². The molecule has 0 atom stereocenters. The first-order chi connectivity index (χ1) is 8.67. The van der Waals surface area contributed by atoms with Crippen LogP contribution in [0.15, 0.2) is 18.3 Å². The van der Waals surface area contributed by atoms with Crippen molar-refractivity contribution in [3.05, 3.63) is 23.9 Å². The second kappa shape index (κ2) is 8.06. The predicted molar refractivity (Wildman–Crippen MR) is 77.1 cm³/mol. The summed E-state index contributed by atoms with van der Waals surface area (Å²) in [7, 11) is 0. The van der Waals surface area contributed by atoms with E-state index in [1.54, 1.807) is 0 Å². The third-order valence-electron chi connectivity index (χ3n) is 3.14. The monoisotopic (exact) mass is 250 g/mol. The maximum absolute atomic E-state index is 5.31. The smallest absolute Gasteiger partial charge is 0.139 e. The molecule has 4 heteroatoms. The number of nitrogens with one attached hydrogen (secondary N) is 1. The van der Waals surface area contributed by atoms with Crippen molar-refractivity contribution in [2.75, 3.05) is 12.0 Å². The van der Waals surface area contributed by atoms with Crippen LogP contribution in [-0.2, 0) is 6.54 Å². The highest BCUT2D eigenvalue weighted by molar-refractivity contribution is 5.33. The quantitative estimate of drug-likeness (QED) is 0.423. The van der Waals surface area contributed by atoms with Crippen molar-refractivity contribution in [3.8, 4) is 0 Å². The molecule has 0 amide bonds. The number of rotatable bonds is 8. The van der Waals surface area contributed by atoms with Gasteiger partial charge >= 0.3 is 0 Å². The van der Waals surface area contributed by atoms with Gasteiger partial charge in [0.15, 0.2) is 0 Å². The van der Waals surface area contributed by atoms with Gasteiger partial charge < -0.3 is 5.43 Å². The highest BCUT2D eigenvalue weighted by Crippen LogP contribution is 2.11. The molecule has 1 aromatic heterocycles. The topological polar surface area (TPSA) is 54.2 Å². The molecule has 1 rings (SSSR count). The average molecular weight is 250 g/mol. The van der Waals surface area contributed by atoms with Gasteiger partial charge in [0, 0.05) is 18.8 Å². The van der Waals surface area contributed by atoms with Crippen molar-refractivity contribution in [3.63, 3.8) is 0 Å². The Morgan fingerprint density at radius 1 is 1.33 bits per heavy atom. The summed E-state index contributed by atoms with van der Waals surface area (Å²) in [5.74, 6) is 6.02. The first kappa shape index (κ1) is 14.9. The molecule has 0 unspecified atom stereocenters. The fraction of sp³-hybridized carbons (Fsp3) is 0.643. The third kappa shape index (κ3) is 5.02. The molecule has 102 valence electrons. The van der Waals surface area contributed by atoms with E-state index in [2.05, 4.69) is 42.1 Å². The summed E-state index contributed by atoms with van der Waals surface area (Å²) in [5.41, 5.74) is 3.78. The molecule has 0 saturated carbocycles. The van der Waals surface area contributed by atoms with E-state index in [0.717, 1.165) is 13.1 Å². The van der Waals surface area contributed by atoms with E-state index in [9.17, 15) is 0 Å². The number of nitrogen functional groups attached to an aromatic ring is 1. The molecule has 0 aliphatic heterocycles. The van der Waals surface area contributed by atoms with Crippen LogP contribution < -0.4 is 11.3 Å². The lowest BCUT2D eigenvalue weighted by Gasteiger charge is -2.26. The Morgan fingerprint density at radius 3 is 2.61 bits per heavy atom. The summed E-state index contributed by atoms with van der Waals surface area (Å²) in [6.45, 7) is 8.84. The molecule has 0 aliphatic carbocycles. The minimum absolute atomic E-state index is 0.564. The minimum atomic E-state index is 0.564. The van der Waals surface area contributed by atoms with Gasteiger partial charge in [-0.05, 0) is 38.4 Å². The number of hydrazine groups is 1. The average Bonchev–Trinajstić information content (AvgIpc) is 2.38. The standard InChI is InChI=1S/C14H26N4/c1-4-5-6-9-18(12(2)3)11-13-7-8-14(17-15)16-10-13/h7-8,10,12H,4-6,9,11,15H2,1-3H3,(H,16,17). The number of anilines is 1. The Bertz CT molecular complexity index is 321. The van der Waals surface area contributed by atoms with E-state index in [4.69, 9.17) is 5.84 Å². The zero-order valence-corrected chi connectivity index (χ0v) is 11.8. The molecule has 1 aromatic rings. The van der Waals surface area contributed by atoms with E-state index in [0.29, 0.717) is 11.9 Å². The molecular formula is C14H26N4. The Kier molecular flexibility index (Phi) is 6.68. The number of hydrogen-bond donors (Lipinski definition) is 2. The van der Waals surface area contributed by atoms with Crippen LogP contribution in [0.2, 0.25) is 0 Å². The van der Waals surface area contributed by atoms with E-state index in [1.165, 1.54) is 24.8 Å². The maximum Gasteiger partial charge on any atom is 0.139 e. The molecule has 0 bridgehead atoms. The molecule has 3 N–H and O–H groups in total. The summed E-state index contributed by atoms with van der Waals surface area (Å²) in [6, 6.07) is 4.56. The van der Waals surface area contributed by atoms with Crippen molar-refractivity contribution < 1.29 is 0 Å². The highest BCUT2D eigenvalue weighted by atomic mass is 15.2. The highest BCUT2D eigenvalue weighted by Gasteiger charge is 2.09. The van der Waals surface area contributed by atoms with Crippen LogP contribution in [0.25, 0.3) is 0 Å². The van der Waals surface area contributed by atoms with Crippen LogP contribution in [0.4, 0.5) is 5.82 Å². The van der Waals surface area contributed by atoms with Gasteiger partial charge in [-0.25, -0.2) is 10.8 Å². The molecule has 1 heterocycles. The first-order valence-electron chi connectivity index (χ1n) is 6.83. The van der Waals surface area contributed by atoms with Gasteiger partial charge in [-0.2, -0.15) is 0 Å². The van der Waals surface area contributed by atoms with Crippen molar-refractivity contribution >= 4 is 5.82 Å². The Hall–Kier alpha value is -1.13. The summed E-state index contributed by atoms with van der Waals surface area (Å²) < 4.78 is 0. The van der Waals surface area contributed by atoms with E-state index in [1.807, 2.05) is 12.3 Å². The molecule has 0 saturated heterocycles. The van der Waals surface area contributed by atoms with Crippen molar-refractivity contribution in [1.29, 1.82) is 0 Å². The Labute approximate surface area is 111 Å². The number of aromatic nitrogens is 1. The van der Waals surface area contributed by atoms with Crippen LogP contribution in [0.3, 0.4) is 0 Å². The Balaban J connectivity index is 2.53. The number of pyridine rings is 1. The lowest BCUT2D eigenvalue weighted by molar-refractivity contribution is 0.208. The van der Waals surface area contributed by atoms with Gasteiger partial charge in [-0.3, -0.25) is 4.90 Å². The molecule has 0 aliphatic rings. The second-order valence-corrected chi connectivity index (χ2v) is 4.97. The summed E-state index contributed by atoms with van der Waals surface area (Å²) in [5, 5.41) is 0. The van der Waals surface area contributed by atoms with Crippen LogP contribution in [0.5, 0.6) is 0 Å². The van der Waals surface area contributed by atoms with Gasteiger partial charge in [0.25, 0.3) is 0 Å². The van der Waals surface area contributed by atoms with Crippen LogP contribution in [0.1, 0.15) is 45.6 Å². The molecule has 18 heavy (non-hydrogen) atoms. The van der Waals surface area contributed by atoms with E-state index < -0.39 is 0 Å². The fourth-order valence-corrected chi connectivity index (χ4v) is 1.92. The summed E-state index contributed by atoms with van der Waals surface area (Å²) >= 11 is 0. The van der Waals surface area contributed by atoms with Gasteiger partial charge in [0.05, 0.1) is 0 Å². The zero-order valence-electron chi connectivity index (χ0n) is 11.8. The van der Waals surface area contributed by atoms with Crippen molar-refractivity contribution in [1.82, 2.24) is 9.88 Å². The molecule has 0 aromatic carbocycles. The van der Waals surface area contributed by atoms with Crippen molar-refractivity contribution in [2.24, 2.45) is 5.84 Å². The lowest BCUT2D eigenvalue weighted by atomic mass is 10.2. The van der Waals surface area contributed by atoms with Crippen LogP contribution in [-0.4, -0.2) is 22.5 Å². The van der Waals surface area contributed by atoms with Crippen LogP contribution in [0, 0.1) is 0 Å². The molecule has 0 spiro atoms. The molecular weight excluding hydrogens is 224 g/mol. The minimum Gasteiger partial charge on any atom is -0.308 e. The van der Waals surface area contributed by atoms with Crippen LogP contribution >= 0.6 is 0 Å². The molecule has 0 fully saturated rings. The molecule has 4 nitrogen and oxygen atoms in total. The lowest BCUT2D eigenvalue weighted by Crippen LogP contribution is -2.31. The van der Waals surface area contributed by atoms with Gasteiger partial charge in [0.1, 0.15) is 5.82 Å². The second-order valence-electron chi connectivity index (χ2n) is 4.97. The Morgan fingerprint density at radius 2 is 2.11 bits per heavy atom. The number of nitrogens with two attached hydrogens (primary N) is 1. The molecule has 0 radical (unpaired) electrons. The zero-order chi connectivity index (χ0) is 13.4. The SMILES string of the molecule is CCCCCN(Cc1ccc(NN)nc1)C(C)C. The largest absolute Gasteiger partial charge is 0.308 e. The van der Waals surface area contributed by atoms with Gasteiger partial charge in [0.2, 0.25) is 0 Å². The summed E-state index contributed by atoms with van der Waals surface area (Å²) in [4.78, 5) is 6.73. The van der Waals surface area contributed by atoms with Gasteiger partial charge in [-0.1, -0.05) is 25.8 Å².